The number of thiocarbonyl (C=S) groups is 1. The molecule has 0 amide bonds. The Balaban J connectivity index is 0.000000345. The van der Waals surface area contributed by atoms with Crippen molar-refractivity contribution >= 4 is 46.1 Å². The Bertz CT molecular complexity index is 1400. The third kappa shape index (κ3) is 9.25. The number of aliphatic carboxylic acids is 3. The molecule has 2 aromatic carbocycles. The maximum Gasteiger partial charge on any atom is 0.336 e. The van der Waals surface area contributed by atoms with Crippen molar-refractivity contribution in [2.75, 3.05) is 27.2 Å². The lowest BCUT2D eigenvalue weighted by Crippen LogP contribution is -2.46. The molecule has 7 N–H and O–H groups in total. The van der Waals surface area contributed by atoms with Crippen LogP contribution in [0.15, 0.2) is 60.8 Å². The molecule has 4 rings (SSSR count). The predicted molar refractivity (Wildman–Crippen MR) is 171 cm³/mol. The van der Waals surface area contributed by atoms with Crippen molar-refractivity contribution in [3.05, 3.63) is 71.9 Å². The summed E-state index contributed by atoms with van der Waals surface area (Å²) < 4.78 is 0. The van der Waals surface area contributed by atoms with E-state index in [4.69, 9.17) is 32.6 Å². The molecule has 0 atom stereocenters. The van der Waals surface area contributed by atoms with Gasteiger partial charge in [-0.2, -0.15) is 0 Å². The molecule has 1 saturated carbocycles. The van der Waals surface area contributed by atoms with Crippen LogP contribution in [0.4, 0.5) is 0 Å². The summed E-state index contributed by atoms with van der Waals surface area (Å²) in [6, 6.07) is 19.4. The van der Waals surface area contributed by atoms with Gasteiger partial charge in [-0.25, -0.2) is 4.79 Å². The summed E-state index contributed by atoms with van der Waals surface area (Å²) in [5.41, 5.74) is 1.40. The number of para-hydroxylation sites is 1. The second-order valence-electron chi connectivity index (χ2n) is 11.5. The summed E-state index contributed by atoms with van der Waals surface area (Å²) >= 11 is 5.54. The van der Waals surface area contributed by atoms with Crippen LogP contribution in [-0.4, -0.2) is 86.1 Å². The molecule has 1 aromatic heterocycles. The van der Waals surface area contributed by atoms with E-state index in [-0.39, 0.29) is 5.54 Å². The van der Waals surface area contributed by atoms with E-state index in [1.807, 2.05) is 0 Å². The number of aromatic amines is 1. The number of aromatic nitrogens is 1. The molecule has 0 unspecified atom stereocenters. The standard InChI is InChI=1S/C26H34N4S.C6H8O7/c1-30(2)26(22-8-4-3-5-9-22)15-12-20(13-16-26)18-29-25(31)27-17-14-21-19-28-24-11-7-6-10-23(21)24;7-3(8)1-6(13,5(11)12)2-4(9)10/h3-11,19-20,28H,12-18H2,1-2H3,(H2,27,29,31);13H,1-2H2,(H,7,8)(H,9,10)(H,11,12). The molecule has 1 fully saturated rings. The average molecular weight is 627 g/mol. The van der Waals surface area contributed by atoms with Crippen molar-refractivity contribution < 1.29 is 34.8 Å². The van der Waals surface area contributed by atoms with Crippen molar-refractivity contribution in [3.8, 4) is 0 Å². The smallest absolute Gasteiger partial charge is 0.336 e. The van der Waals surface area contributed by atoms with E-state index in [9.17, 15) is 14.4 Å². The second-order valence-corrected chi connectivity index (χ2v) is 11.9. The number of hydrogen-bond acceptors (Lipinski definition) is 6. The van der Waals surface area contributed by atoms with Crippen LogP contribution < -0.4 is 10.6 Å². The molecule has 0 bridgehead atoms. The Morgan fingerprint density at radius 1 is 0.955 bits per heavy atom. The van der Waals surface area contributed by atoms with Gasteiger partial charge in [0.15, 0.2) is 10.7 Å². The number of hydrogen-bond donors (Lipinski definition) is 7. The molecule has 12 heteroatoms. The van der Waals surface area contributed by atoms with Crippen molar-refractivity contribution in [3.63, 3.8) is 0 Å². The number of carbonyl (C=O) groups is 3. The molecule has 0 radical (unpaired) electrons. The van der Waals surface area contributed by atoms with Gasteiger partial charge in [-0.15, -0.1) is 0 Å². The maximum absolute atomic E-state index is 10.3. The van der Waals surface area contributed by atoms with Crippen molar-refractivity contribution in [1.82, 2.24) is 20.5 Å². The van der Waals surface area contributed by atoms with E-state index in [0.717, 1.165) is 24.6 Å². The zero-order chi connectivity index (χ0) is 32.3. The van der Waals surface area contributed by atoms with Gasteiger partial charge >= 0.3 is 17.9 Å². The summed E-state index contributed by atoms with van der Waals surface area (Å²) in [4.78, 5) is 36.2. The largest absolute Gasteiger partial charge is 0.481 e. The third-order valence-corrected chi connectivity index (χ3v) is 8.58. The first-order chi connectivity index (χ1) is 20.9. The number of H-pyrrole nitrogens is 1. The number of nitrogens with zero attached hydrogens (tertiary/aromatic N) is 1. The Hall–Kier alpha value is -4.00. The SMILES string of the molecule is CN(C)C1(c2ccccc2)CCC(CNC(=S)NCCc2c[nH]c3ccccc23)CC1.O=C(O)CC(O)(CC(=O)O)C(=O)O. The van der Waals surface area contributed by atoms with Crippen molar-refractivity contribution in [2.45, 2.75) is 56.1 Å². The van der Waals surface area contributed by atoms with Crippen LogP contribution in [0.5, 0.6) is 0 Å². The maximum atomic E-state index is 10.3. The summed E-state index contributed by atoms with van der Waals surface area (Å²) in [5.74, 6) is -4.35. The van der Waals surface area contributed by atoms with Gasteiger partial charge in [0.1, 0.15) is 0 Å². The number of nitrogens with one attached hydrogen (secondary N) is 3. The third-order valence-electron chi connectivity index (χ3n) is 8.29. The van der Waals surface area contributed by atoms with Crippen LogP contribution in [0.1, 0.15) is 49.7 Å². The van der Waals surface area contributed by atoms with Crippen LogP contribution >= 0.6 is 12.2 Å². The highest BCUT2D eigenvalue weighted by Crippen LogP contribution is 2.42. The van der Waals surface area contributed by atoms with E-state index < -0.39 is 36.4 Å². The molecule has 238 valence electrons. The van der Waals surface area contributed by atoms with Crippen LogP contribution in [0.2, 0.25) is 0 Å². The molecule has 11 nitrogen and oxygen atoms in total. The molecule has 1 heterocycles. The van der Waals surface area contributed by atoms with E-state index in [1.54, 1.807) is 0 Å². The van der Waals surface area contributed by atoms with E-state index in [1.165, 1.54) is 47.7 Å². The molecule has 1 aliphatic rings. The van der Waals surface area contributed by atoms with Gasteiger partial charge in [0.05, 0.1) is 12.8 Å². The minimum Gasteiger partial charge on any atom is -0.481 e. The van der Waals surface area contributed by atoms with E-state index in [0.29, 0.717) is 5.92 Å². The molecule has 44 heavy (non-hydrogen) atoms. The van der Waals surface area contributed by atoms with Crippen molar-refractivity contribution in [1.29, 1.82) is 0 Å². The van der Waals surface area contributed by atoms with Gasteiger partial charge in [-0.05, 0) is 81.5 Å². The van der Waals surface area contributed by atoms with Gasteiger partial charge < -0.3 is 36.0 Å². The van der Waals surface area contributed by atoms with Gasteiger partial charge in [-0.1, -0.05) is 48.5 Å². The zero-order valence-electron chi connectivity index (χ0n) is 25.1. The Labute approximate surface area is 262 Å². The highest BCUT2D eigenvalue weighted by molar-refractivity contribution is 7.80. The van der Waals surface area contributed by atoms with Crippen LogP contribution in [0.25, 0.3) is 10.9 Å². The normalized spacial score (nSPS) is 18.2. The topological polar surface area (TPSA) is 175 Å². The number of fused-ring (bicyclic) bond motifs is 1. The number of carboxylic acid groups (broad SMARTS) is 3. The molecule has 3 aromatic rings. The lowest BCUT2D eigenvalue weighted by atomic mass is 9.72. The Morgan fingerprint density at radius 3 is 2.11 bits per heavy atom. The summed E-state index contributed by atoms with van der Waals surface area (Å²) in [5, 5.41) is 42.7. The summed E-state index contributed by atoms with van der Waals surface area (Å²) in [6.07, 6.45) is 5.60. The first-order valence-electron chi connectivity index (χ1n) is 14.6. The number of aliphatic hydroxyl groups is 1. The fourth-order valence-corrected chi connectivity index (χ4v) is 5.95. The quantitative estimate of drug-likeness (QED) is 0.146. The van der Waals surface area contributed by atoms with Crippen molar-refractivity contribution in [2.24, 2.45) is 5.92 Å². The fourth-order valence-electron chi connectivity index (χ4n) is 5.76. The van der Waals surface area contributed by atoms with Gasteiger partial charge in [-0.3, -0.25) is 14.5 Å². The van der Waals surface area contributed by atoms with Gasteiger partial charge in [0.2, 0.25) is 0 Å². The number of rotatable bonds is 12. The molecular formula is C32H42N4O7S. The van der Waals surface area contributed by atoms with Crippen LogP contribution in [-0.2, 0) is 26.3 Å². The molecule has 0 saturated heterocycles. The van der Waals surface area contributed by atoms with Crippen LogP contribution in [0.3, 0.4) is 0 Å². The number of benzene rings is 2. The zero-order valence-corrected chi connectivity index (χ0v) is 25.9. The second kappa shape index (κ2) is 15.6. The highest BCUT2D eigenvalue weighted by Gasteiger charge is 2.41. The minimum absolute atomic E-state index is 0.163. The molecular weight excluding hydrogens is 584 g/mol. The van der Waals surface area contributed by atoms with Crippen LogP contribution in [0, 0.1) is 5.92 Å². The summed E-state index contributed by atoms with van der Waals surface area (Å²) in [6.45, 7) is 1.80. The first-order valence-corrected chi connectivity index (χ1v) is 15.0. The molecule has 0 aliphatic heterocycles. The number of carboxylic acids is 3. The average Bonchev–Trinajstić information content (AvgIpc) is 3.39. The minimum atomic E-state index is -2.74. The predicted octanol–water partition coefficient (Wildman–Crippen LogP) is 3.57. The van der Waals surface area contributed by atoms with Gasteiger partial charge in [0, 0.05) is 35.7 Å². The highest BCUT2D eigenvalue weighted by atomic mass is 32.1. The first kappa shape index (κ1) is 34.5. The fraction of sp³-hybridized carbons (Fsp3) is 0.438. The summed E-state index contributed by atoms with van der Waals surface area (Å²) in [7, 11) is 4.44. The van der Waals surface area contributed by atoms with E-state index >= 15 is 0 Å². The Morgan fingerprint density at radius 2 is 1.55 bits per heavy atom. The molecule has 0 spiro atoms. The molecule has 1 aliphatic carbocycles. The lowest BCUT2D eigenvalue weighted by Gasteiger charge is -2.45. The lowest BCUT2D eigenvalue weighted by molar-refractivity contribution is -0.170. The van der Waals surface area contributed by atoms with E-state index in [2.05, 4.69) is 95.4 Å². The monoisotopic (exact) mass is 626 g/mol. The Kier molecular flexibility index (Phi) is 12.3. The van der Waals surface area contributed by atoms with Gasteiger partial charge in [0.25, 0.3) is 0 Å².